The lowest BCUT2D eigenvalue weighted by molar-refractivity contribution is -0.141. The number of carboxylic acids is 1. The molecule has 0 heterocycles. The van der Waals surface area contributed by atoms with E-state index in [4.69, 9.17) is 16.1 Å². The van der Waals surface area contributed by atoms with Crippen molar-refractivity contribution in [1.29, 1.82) is 5.26 Å². The Labute approximate surface area is 133 Å². The first kappa shape index (κ1) is 18.1. The molecule has 8 heteroatoms. The highest BCUT2D eigenvalue weighted by Gasteiger charge is 2.20. The van der Waals surface area contributed by atoms with Crippen LogP contribution in [0.25, 0.3) is 0 Å². The van der Waals surface area contributed by atoms with E-state index in [9.17, 15) is 14.4 Å². The number of hydrogen-bond acceptors (Lipinski definition) is 5. The molecule has 8 nitrogen and oxygen atoms in total. The Balaban J connectivity index is 2.42. The van der Waals surface area contributed by atoms with Gasteiger partial charge in [0, 0.05) is 6.54 Å². The molecule has 2 amide bonds. The number of carboxylic acid groups (broad SMARTS) is 1. The van der Waals surface area contributed by atoms with Crippen molar-refractivity contribution in [3.8, 4) is 6.07 Å². The molecule has 0 aliphatic heterocycles. The van der Waals surface area contributed by atoms with Crippen molar-refractivity contribution < 1.29 is 19.5 Å². The van der Waals surface area contributed by atoms with Crippen molar-refractivity contribution in [3.63, 3.8) is 0 Å². The second-order valence-electron chi connectivity index (χ2n) is 4.96. The highest BCUT2D eigenvalue weighted by Crippen LogP contribution is 2.03. The van der Waals surface area contributed by atoms with Crippen LogP contribution in [0.5, 0.6) is 0 Å². The van der Waals surface area contributed by atoms with E-state index >= 15 is 0 Å². The zero-order valence-electron chi connectivity index (χ0n) is 12.6. The van der Waals surface area contributed by atoms with Gasteiger partial charge in [-0.25, -0.2) is 0 Å². The number of aliphatic carboxylic acids is 1. The van der Waals surface area contributed by atoms with Gasteiger partial charge < -0.3 is 21.5 Å². The smallest absolute Gasteiger partial charge is 0.325 e. The number of carbonyl (C=O) groups excluding carboxylic acids is 2. The van der Waals surface area contributed by atoms with Crippen LogP contribution in [-0.2, 0) is 20.9 Å². The maximum absolute atomic E-state index is 11.8. The number of nitrogens with one attached hydrogen (secondary N) is 2. The molecular formula is C15H18N4O4. The van der Waals surface area contributed by atoms with E-state index < -0.39 is 29.9 Å². The average molecular weight is 318 g/mol. The van der Waals surface area contributed by atoms with Crippen LogP contribution < -0.4 is 16.4 Å². The summed E-state index contributed by atoms with van der Waals surface area (Å²) in [5.41, 5.74) is 6.92. The van der Waals surface area contributed by atoms with Gasteiger partial charge in [-0.15, -0.1) is 0 Å². The van der Waals surface area contributed by atoms with Gasteiger partial charge in [0.1, 0.15) is 6.04 Å². The third-order valence-corrected chi connectivity index (χ3v) is 3.04. The number of nitrogens with zero attached hydrogens (tertiary/aromatic N) is 1. The molecule has 0 saturated heterocycles. The van der Waals surface area contributed by atoms with Crippen LogP contribution in [0.2, 0.25) is 0 Å². The SMILES string of the molecule is C[C@H](NC(=O)C[C@H](N)C(=O)NCc1ccc(C#N)cc1)C(=O)O. The Morgan fingerprint density at radius 1 is 1.30 bits per heavy atom. The number of rotatable bonds is 7. The van der Waals surface area contributed by atoms with Crippen LogP contribution in [0.4, 0.5) is 0 Å². The first-order valence-corrected chi connectivity index (χ1v) is 6.88. The summed E-state index contributed by atoms with van der Waals surface area (Å²) in [5.74, 6) is -2.30. The van der Waals surface area contributed by atoms with Gasteiger partial charge >= 0.3 is 5.97 Å². The summed E-state index contributed by atoms with van der Waals surface area (Å²) in [6.07, 6.45) is -0.309. The van der Waals surface area contributed by atoms with Gasteiger partial charge in [0.25, 0.3) is 0 Å². The van der Waals surface area contributed by atoms with Crippen LogP contribution >= 0.6 is 0 Å². The Kier molecular flexibility index (Phi) is 6.70. The molecule has 0 bridgehead atoms. The molecule has 0 radical (unpaired) electrons. The summed E-state index contributed by atoms with van der Waals surface area (Å²) in [6.45, 7) is 1.53. The lowest BCUT2D eigenvalue weighted by Crippen LogP contribution is -2.46. The molecule has 0 saturated carbocycles. The monoisotopic (exact) mass is 318 g/mol. The van der Waals surface area contributed by atoms with E-state index in [2.05, 4.69) is 10.6 Å². The molecule has 1 aromatic rings. The topological polar surface area (TPSA) is 145 Å². The summed E-state index contributed by atoms with van der Waals surface area (Å²) in [6, 6.07) is 6.52. The lowest BCUT2D eigenvalue weighted by atomic mass is 10.1. The highest BCUT2D eigenvalue weighted by molar-refractivity contribution is 5.89. The largest absolute Gasteiger partial charge is 0.480 e. The fraction of sp³-hybridized carbons (Fsp3) is 0.333. The number of nitriles is 1. The van der Waals surface area contributed by atoms with E-state index in [1.165, 1.54) is 6.92 Å². The fourth-order valence-corrected chi connectivity index (χ4v) is 1.67. The van der Waals surface area contributed by atoms with Crippen LogP contribution in [0.1, 0.15) is 24.5 Å². The van der Waals surface area contributed by atoms with Crippen LogP contribution in [-0.4, -0.2) is 35.0 Å². The molecule has 23 heavy (non-hydrogen) atoms. The zero-order chi connectivity index (χ0) is 17.4. The molecule has 1 aromatic carbocycles. The van der Waals surface area contributed by atoms with Crippen LogP contribution in [0, 0.1) is 11.3 Å². The average Bonchev–Trinajstić information content (AvgIpc) is 2.52. The summed E-state index contributed by atoms with van der Waals surface area (Å²) in [4.78, 5) is 34.0. The quantitative estimate of drug-likeness (QED) is 0.532. The first-order valence-electron chi connectivity index (χ1n) is 6.88. The molecule has 0 unspecified atom stereocenters. The molecule has 0 spiro atoms. The Hall–Kier alpha value is -2.92. The third kappa shape index (κ3) is 6.15. The summed E-state index contributed by atoms with van der Waals surface area (Å²) in [7, 11) is 0. The molecule has 0 aliphatic rings. The minimum Gasteiger partial charge on any atom is -0.480 e. The van der Waals surface area contributed by atoms with Crippen molar-refractivity contribution >= 4 is 17.8 Å². The number of amides is 2. The van der Waals surface area contributed by atoms with E-state index in [0.29, 0.717) is 5.56 Å². The maximum Gasteiger partial charge on any atom is 0.325 e. The Morgan fingerprint density at radius 3 is 2.43 bits per heavy atom. The highest BCUT2D eigenvalue weighted by atomic mass is 16.4. The molecule has 0 fully saturated rings. The lowest BCUT2D eigenvalue weighted by Gasteiger charge is -2.14. The second kappa shape index (κ2) is 8.51. The molecule has 2 atom stereocenters. The molecule has 0 aliphatic carbocycles. The predicted molar refractivity (Wildman–Crippen MR) is 80.8 cm³/mol. The van der Waals surface area contributed by atoms with Crippen LogP contribution in [0.15, 0.2) is 24.3 Å². The Bertz CT molecular complexity index is 621. The predicted octanol–water partition coefficient (Wildman–Crippen LogP) is -0.519. The van der Waals surface area contributed by atoms with Gasteiger partial charge in [-0.2, -0.15) is 5.26 Å². The fourth-order valence-electron chi connectivity index (χ4n) is 1.67. The third-order valence-electron chi connectivity index (χ3n) is 3.04. The Morgan fingerprint density at radius 2 is 1.91 bits per heavy atom. The summed E-state index contributed by atoms with van der Waals surface area (Å²) in [5, 5.41) is 22.2. The van der Waals surface area contributed by atoms with Crippen molar-refractivity contribution in [2.75, 3.05) is 0 Å². The van der Waals surface area contributed by atoms with E-state index in [1.54, 1.807) is 24.3 Å². The number of carbonyl (C=O) groups is 3. The summed E-state index contributed by atoms with van der Waals surface area (Å²) < 4.78 is 0. The van der Waals surface area contributed by atoms with Gasteiger partial charge in [0.15, 0.2) is 0 Å². The first-order chi connectivity index (χ1) is 10.8. The van der Waals surface area contributed by atoms with E-state index in [-0.39, 0.29) is 13.0 Å². The van der Waals surface area contributed by atoms with E-state index in [0.717, 1.165) is 5.56 Å². The number of nitrogens with two attached hydrogens (primary N) is 1. The minimum absolute atomic E-state index is 0.214. The molecule has 122 valence electrons. The van der Waals surface area contributed by atoms with Gasteiger partial charge in [-0.05, 0) is 24.6 Å². The zero-order valence-corrected chi connectivity index (χ0v) is 12.6. The maximum atomic E-state index is 11.8. The summed E-state index contributed by atoms with van der Waals surface area (Å²) >= 11 is 0. The van der Waals surface area contributed by atoms with E-state index in [1.807, 2.05) is 6.07 Å². The van der Waals surface area contributed by atoms with Gasteiger partial charge in [-0.1, -0.05) is 12.1 Å². The minimum atomic E-state index is -1.17. The second-order valence-corrected chi connectivity index (χ2v) is 4.96. The van der Waals surface area contributed by atoms with Gasteiger partial charge in [0.2, 0.25) is 11.8 Å². The molecule has 1 rings (SSSR count). The normalized spacial score (nSPS) is 12.6. The van der Waals surface area contributed by atoms with Crippen molar-refractivity contribution in [2.24, 2.45) is 5.73 Å². The standard InChI is InChI=1S/C15H18N4O4/c1-9(15(22)23)19-13(20)6-12(17)14(21)18-8-11-4-2-10(7-16)3-5-11/h2-5,9,12H,6,8,17H2,1H3,(H,18,21)(H,19,20)(H,22,23)/t9-,12-/m0/s1. The van der Waals surface area contributed by atoms with Gasteiger partial charge in [0.05, 0.1) is 24.1 Å². The van der Waals surface area contributed by atoms with Gasteiger partial charge in [-0.3, -0.25) is 14.4 Å². The molecule has 0 aromatic heterocycles. The van der Waals surface area contributed by atoms with Crippen LogP contribution in [0.3, 0.4) is 0 Å². The number of hydrogen-bond donors (Lipinski definition) is 4. The van der Waals surface area contributed by atoms with Crippen molar-refractivity contribution in [3.05, 3.63) is 35.4 Å². The molecular weight excluding hydrogens is 300 g/mol. The van der Waals surface area contributed by atoms with Crippen molar-refractivity contribution in [1.82, 2.24) is 10.6 Å². The number of benzene rings is 1. The molecule has 5 N–H and O–H groups in total. The van der Waals surface area contributed by atoms with Crippen molar-refractivity contribution in [2.45, 2.75) is 32.0 Å².